The highest BCUT2D eigenvalue weighted by Gasteiger charge is 2.17. The third-order valence-corrected chi connectivity index (χ3v) is 2.02. The zero-order valence-electron chi connectivity index (χ0n) is 11.3. The average molecular weight is 233 g/mol. The second kappa shape index (κ2) is 12.5. The number of likely N-dealkylation sites (tertiary alicyclic amines) is 1. The molecule has 4 heteroatoms. The van der Waals surface area contributed by atoms with Crippen LogP contribution in [0.1, 0.15) is 40.5 Å². The average Bonchev–Trinajstić information content (AvgIpc) is 2.32. The first-order chi connectivity index (χ1) is 7.68. The number of carboxylic acids is 1. The lowest BCUT2D eigenvalue weighted by Gasteiger charge is -2.29. The standard InChI is InChI=1S/C8H15NO3.2C2H6/c1-9-4-2-3-7(5-9)12-6-8(10)11;2*1-2/h7H,2-6H2,1H3,(H,10,11);2*1-2H3. The first kappa shape index (κ1) is 17.8. The lowest BCUT2D eigenvalue weighted by atomic mass is 10.1. The predicted octanol–water partition coefficient (Wildman–Crippen LogP) is 2.23. The number of hydrogen-bond donors (Lipinski definition) is 1. The molecule has 1 atom stereocenters. The van der Waals surface area contributed by atoms with Gasteiger partial charge < -0.3 is 14.7 Å². The second-order valence-corrected chi connectivity index (χ2v) is 3.23. The summed E-state index contributed by atoms with van der Waals surface area (Å²) in [4.78, 5) is 12.3. The molecule has 0 aliphatic carbocycles. The molecule has 0 aromatic carbocycles. The van der Waals surface area contributed by atoms with Crippen molar-refractivity contribution >= 4 is 5.97 Å². The number of aliphatic carboxylic acids is 1. The molecule has 0 aromatic heterocycles. The fourth-order valence-corrected chi connectivity index (χ4v) is 1.44. The van der Waals surface area contributed by atoms with Gasteiger partial charge in [0.25, 0.3) is 0 Å². The Hall–Kier alpha value is -0.610. The summed E-state index contributed by atoms with van der Waals surface area (Å²) in [5.74, 6) is -0.886. The number of hydrogen-bond acceptors (Lipinski definition) is 3. The molecule has 1 fully saturated rings. The van der Waals surface area contributed by atoms with Crippen LogP contribution in [0.5, 0.6) is 0 Å². The van der Waals surface area contributed by atoms with Crippen molar-refractivity contribution in [2.45, 2.75) is 46.6 Å². The highest BCUT2D eigenvalue weighted by atomic mass is 16.5. The Bertz CT molecular complexity index is 162. The molecule has 0 spiro atoms. The Morgan fingerprint density at radius 2 is 1.94 bits per heavy atom. The molecule has 1 unspecified atom stereocenters. The summed E-state index contributed by atoms with van der Waals surface area (Å²) in [6.45, 7) is 9.78. The van der Waals surface area contributed by atoms with E-state index in [-0.39, 0.29) is 12.7 Å². The number of carbonyl (C=O) groups is 1. The molecule has 1 aliphatic rings. The van der Waals surface area contributed by atoms with Crippen molar-refractivity contribution in [3.8, 4) is 0 Å². The SMILES string of the molecule is CC.CC.CN1CCCC(OCC(=O)O)C1. The lowest BCUT2D eigenvalue weighted by molar-refractivity contribution is -0.145. The van der Waals surface area contributed by atoms with Crippen LogP contribution < -0.4 is 0 Å². The molecule has 1 saturated heterocycles. The zero-order valence-corrected chi connectivity index (χ0v) is 11.3. The van der Waals surface area contributed by atoms with Crippen LogP contribution in [-0.2, 0) is 9.53 Å². The molecule has 0 saturated carbocycles. The molecule has 16 heavy (non-hydrogen) atoms. The molecule has 4 nitrogen and oxygen atoms in total. The molecule has 98 valence electrons. The van der Waals surface area contributed by atoms with Crippen molar-refractivity contribution < 1.29 is 14.6 Å². The first-order valence-electron chi connectivity index (χ1n) is 6.20. The van der Waals surface area contributed by atoms with Crippen molar-refractivity contribution in [2.24, 2.45) is 0 Å². The molecule has 0 bridgehead atoms. The van der Waals surface area contributed by atoms with Gasteiger partial charge in [0, 0.05) is 6.54 Å². The number of likely N-dealkylation sites (N-methyl/N-ethyl adjacent to an activating group) is 1. The maximum Gasteiger partial charge on any atom is 0.329 e. The smallest absolute Gasteiger partial charge is 0.329 e. The third kappa shape index (κ3) is 9.93. The Labute approximate surface area is 99.6 Å². The van der Waals surface area contributed by atoms with Crippen molar-refractivity contribution in [1.29, 1.82) is 0 Å². The van der Waals surface area contributed by atoms with Crippen LogP contribution in [0.2, 0.25) is 0 Å². The van der Waals surface area contributed by atoms with E-state index in [4.69, 9.17) is 9.84 Å². The predicted molar refractivity (Wildman–Crippen MR) is 66.8 cm³/mol. The second-order valence-electron chi connectivity index (χ2n) is 3.23. The van der Waals surface area contributed by atoms with Crippen LogP contribution in [0.15, 0.2) is 0 Å². The van der Waals surface area contributed by atoms with Gasteiger partial charge in [0.1, 0.15) is 6.61 Å². The van der Waals surface area contributed by atoms with Gasteiger partial charge in [-0.15, -0.1) is 0 Å². The highest BCUT2D eigenvalue weighted by molar-refractivity contribution is 5.68. The number of piperidine rings is 1. The summed E-state index contributed by atoms with van der Waals surface area (Å²) in [7, 11) is 2.02. The van der Waals surface area contributed by atoms with Crippen molar-refractivity contribution in [1.82, 2.24) is 4.90 Å². The molecule has 0 amide bonds. The summed E-state index contributed by atoms with van der Waals surface area (Å²) in [6, 6.07) is 0. The van der Waals surface area contributed by atoms with Crippen LogP contribution in [0, 0.1) is 0 Å². The van der Waals surface area contributed by atoms with Crippen LogP contribution in [-0.4, -0.2) is 48.8 Å². The summed E-state index contributed by atoms with van der Waals surface area (Å²) < 4.78 is 5.17. The van der Waals surface area contributed by atoms with Crippen LogP contribution in [0.25, 0.3) is 0 Å². The van der Waals surface area contributed by atoms with Crippen molar-refractivity contribution in [2.75, 3.05) is 26.7 Å². The van der Waals surface area contributed by atoms with Gasteiger partial charge >= 0.3 is 5.97 Å². The first-order valence-corrected chi connectivity index (χ1v) is 6.20. The molecule has 0 aromatic rings. The van der Waals surface area contributed by atoms with Crippen LogP contribution in [0.3, 0.4) is 0 Å². The molecule has 1 N–H and O–H groups in total. The van der Waals surface area contributed by atoms with Gasteiger partial charge in [-0.05, 0) is 26.4 Å². The van der Waals surface area contributed by atoms with E-state index < -0.39 is 5.97 Å². The van der Waals surface area contributed by atoms with Gasteiger partial charge in [-0.2, -0.15) is 0 Å². The Morgan fingerprint density at radius 1 is 1.38 bits per heavy atom. The van der Waals surface area contributed by atoms with Gasteiger partial charge in [-0.1, -0.05) is 27.7 Å². The molecule has 0 radical (unpaired) electrons. The van der Waals surface area contributed by atoms with Crippen LogP contribution >= 0.6 is 0 Å². The lowest BCUT2D eigenvalue weighted by Crippen LogP contribution is -2.37. The summed E-state index contributed by atoms with van der Waals surface area (Å²) in [6.07, 6.45) is 2.19. The Balaban J connectivity index is 0. The van der Waals surface area contributed by atoms with Crippen molar-refractivity contribution in [3.05, 3.63) is 0 Å². The minimum absolute atomic E-state index is 0.111. The van der Waals surface area contributed by atoms with E-state index >= 15 is 0 Å². The summed E-state index contributed by atoms with van der Waals surface area (Å²) >= 11 is 0. The number of ether oxygens (including phenoxy) is 1. The monoisotopic (exact) mass is 233 g/mol. The van der Waals surface area contributed by atoms with Crippen molar-refractivity contribution in [3.63, 3.8) is 0 Å². The largest absolute Gasteiger partial charge is 0.480 e. The third-order valence-electron chi connectivity index (χ3n) is 2.02. The molecule has 1 aliphatic heterocycles. The van der Waals surface area contributed by atoms with Gasteiger partial charge in [0.2, 0.25) is 0 Å². The van der Waals surface area contributed by atoms with E-state index in [1.54, 1.807) is 0 Å². The van der Waals surface area contributed by atoms with Crippen LogP contribution in [0.4, 0.5) is 0 Å². The summed E-state index contributed by atoms with van der Waals surface area (Å²) in [5, 5.41) is 8.37. The molecular weight excluding hydrogens is 206 g/mol. The number of carboxylic acid groups (broad SMARTS) is 1. The minimum Gasteiger partial charge on any atom is -0.480 e. The topological polar surface area (TPSA) is 49.8 Å². The van der Waals surface area contributed by atoms with E-state index in [0.717, 1.165) is 25.9 Å². The van der Waals surface area contributed by atoms with E-state index in [0.29, 0.717) is 0 Å². The van der Waals surface area contributed by atoms with Gasteiger partial charge in [-0.25, -0.2) is 4.79 Å². The van der Waals surface area contributed by atoms with Gasteiger partial charge in [-0.3, -0.25) is 0 Å². The number of rotatable bonds is 3. The quantitative estimate of drug-likeness (QED) is 0.812. The van der Waals surface area contributed by atoms with E-state index in [2.05, 4.69) is 4.90 Å². The highest BCUT2D eigenvalue weighted by Crippen LogP contribution is 2.10. The Kier molecular flexibility index (Phi) is 13.8. The fraction of sp³-hybridized carbons (Fsp3) is 0.917. The molecule has 1 heterocycles. The maximum atomic E-state index is 10.2. The van der Waals surface area contributed by atoms with Gasteiger partial charge in [0.05, 0.1) is 6.10 Å². The van der Waals surface area contributed by atoms with E-state index in [1.807, 2.05) is 34.7 Å². The van der Waals surface area contributed by atoms with E-state index in [1.165, 1.54) is 0 Å². The summed E-state index contributed by atoms with van der Waals surface area (Å²) in [5.41, 5.74) is 0. The zero-order chi connectivity index (χ0) is 13.0. The fourth-order valence-electron chi connectivity index (χ4n) is 1.44. The minimum atomic E-state index is -0.886. The molecular formula is C12H27NO3. The maximum absolute atomic E-state index is 10.2. The molecule has 1 rings (SSSR count). The van der Waals surface area contributed by atoms with Gasteiger partial charge in [0.15, 0.2) is 0 Å². The Morgan fingerprint density at radius 3 is 2.38 bits per heavy atom. The normalized spacial score (nSPS) is 19.9. The number of nitrogens with zero attached hydrogens (tertiary/aromatic N) is 1. The van der Waals surface area contributed by atoms with E-state index in [9.17, 15) is 4.79 Å².